The summed E-state index contributed by atoms with van der Waals surface area (Å²) in [5.41, 5.74) is 0.697. The van der Waals surface area contributed by atoms with Gasteiger partial charge in [-0.05, 0) is 25.0 Å². The van der Waals surface area contributed by atoms with Crippen LogP contribution in [0.15, 0.2) is 30.3 Å². The Morgan fingerprint density at radius 3 is 2.44 bits per heavy atom. The lowest BCUT2D eigenvalue weighted by atomic mass is 9.95. The Morgan fingerprint density at radius 1 is 1.16 bits per heavy atom. The van der Waals surface area contributed by atoms with Gasteiger partial charge in [-0.15, -0.1) is 12.4 Å². The molecule has 3 N–H and O–H groups in total. The van der Waals surface area contributed by atoms with Crippen molar-refractivity contribution in [2.24, 2.45) is 11.8 Å². The molecule has 0 aromatic heterocycles. The van der Waals surface area contributed by atoms with E-state index in [-0.39, 0.29) is 42.2 Å². The summed E-state index contributed by atoms with van der Waals surface area (Å²) in [4.78, 5) is 26.5. The molecule has 0 radical (unpaired) electrons. The minimum Gasteiger partial charge on any atom is -0.391 e. The zero-order chi connectivity index (χ0) is 16.9. The van der Waals surface area contributed by atoms with Crippen molar-refractivity contribution < 1.29 is 14.7 Å². The van der Waals surface area contributed by atoms with E-state index in [1.165, 1.54) is 0 Å². The third-order valence-electron chi connectivity index (χ3n) is 5.02. The smallest absolute Gasteiger partial charge is 0.253 e. The molecule has 25 heavy (non-hydrogen) atoms. The molecule has 2 atom stereocenters. The van der Waals surface area contributed by atoms with Gasteiger partial charge in [0.05, 0.1) is 6.10 Å². The molecule has 2 aliphatic heterocycles. The van der Waals surface area contributed by atoms with Crippen LogP contribution in [-0.4, -0.2) is 60.6 Å². The number of likely N-dealkylation sites (tertiary alicyclic amines) is 1. The van der Waals surface area contributed by atoms with Crippen LogP contribution in [-0.2, 0) is 4.79 Å². The molecule has 6 nitrogen and oxygen atoms in total. The zero-order valence-corrected chi connectivity index (χ0v) is 15.0. The number of carbonyl (C=O) groups is 2. The number of benzene rings is 1. The third kappa shape index (κ3) is 4.93. The highest BCUT2D eigenvalue weighted by Gasteiger charge is 2.29. The second-order valence-corrected chi connectivity index (χ2v) is 6.66. The van der Waals surface area contributed by atoms with Gasteiger partial charge in [0, 0.05) is 50.1 Å². The first-order chi connectivity index (χ1) is 11.6. The molecule has 1 aromatic rings. The number of aliphatic hydroxyl groups is 1. The first kappa shape index (κ1) is 19.7. The van der Waals surface area contributed by atoms with Gasteiger partial charge in [-0.3, -0.25) is 9.59 Å². The number of piperidine rings is 1. The molecule has 0 spiro atoms. The fourth-order valence-corrected chi connectivity index (χ4v) is 3.41. The molecule has 2 unspecified atom stereocenters. The summed E-state index contributed by atoms with van der Waals surface area (Å²) in [6.07, 6.45) is 1.00. The van der Waals surface area contributed by atoms with E-state index in [4.69, 9.17) is 0 Å². The van der Waals surface area contributed by atoms with Crippen LogP contribution in [0.1, 0.15) is 23.2 Å². The minimum atomic E-state index is -0.379. The Balaban J connectivity index is 0.00000225. The van der Waals surface area contributed by atoms with Crippen LogP contribution < -0.4 is 10.6 Å². The monoisotopic (exact) mass is 367 g/mol. The number of rotatable bonds is 4. The van der Waals surface area contributed by atoms with Crippen molar-refractivity contribution in [1.82, 2.24) is 15.5 Å². The number of halogens is 1. The first-order valence-electron chi connectivity index (χ1n) is 8.66. The Labute approximate surface area is 154 Å². The van der Waals surface area contributed by atoms with Crippen LogP contribution in [0.25, 0.3) is 0 Å². The lowest BCUT2D eigenvalue weighted by Gasteiger charge is -2.31. The maximum Gasteiger partial charge on any atom is 0.253 e. The molecule has 3 rings (SSSR count). The molecule has 2 aliphatic rings. The zero-order valence-electron chi connectivity index (χ0n) is 14.2. The Hall–Kier alpha value is -1.63. The second kappa shape index (κ2) is 9.17. The highest BCUT2D eigenvalue weighted by molar-refractivity contribution is 5.94. The summed E-state index contributed by atoms with van der Waals surface area (Å²) in [7, 11) is 0. The fourth-order valence-electron chi connectivity index (χ4n) is 3.41. The highest BCUT2D eigenvalue weighted by Crippen LogP contribution is 2.19. The Bertz CT molecular complexity index is 576. The van der Waals surface area contributed by atoms with Crippen molar-refractivity contribution in [3.05, 3.63) is 35.9 Å². The summed E-state index contributed by atoms with van der Waals surface area (Å²) in [6, 6.07) is 9.26. The molecule has 0 bridgehead atoms. The lowest BCUT2D eigenvalue weighted by Crippen LogP contribution is -2.44. The molecule has 2 amide bonds. The van der Waals surface area contributed by atoms with Gasteiger partial charge >= 0.3 is 0 Å². The van der Waals surface area contributed by atoms with E-state index in [9.17, 15) is 14.7 Å². The average molecular weight is 368 g/mol. The van der Waals surface area contributed by atoms with Crippen molar-refractivity contribution in [3.63, 3.8) is 0 Å². The topological polar surface area (TPSA) is 81.7 Å². The van der Waals surface area contributed by atoms with Gasteiger partial charge in [-0.2, -0.15) is 0 Å². The van der Waals surface area contributed by atoms with Gasteiger partial charge in [-0.25, -0.2) is 0 Å². The molecule has 138 valence electrons. The average Bonchev–Trinajstić information content (AvgIpc) is 3.05. The molecule has 2 fully saturated rings. The predicted octanol–water partition coefficient (Wildman–Crippen LogP) is 0.657. The molecule has 2 heterocycles. The standard InChI is InChI=1S/C18H25N3O3.ClH/c22-16-12-19-10-15(16)11-20-17(23)13-6-8-21(9-7-13)18(24)14-4-2-1-3-5-14;/h1-5,13,15-16,19,22H,6-12H2,(H,20,23);1H. The van der Waals surface area contributed by atoms with Crippen LogP contribution in [0.3, 0.4) is 0 Å². The molecule has 0 aliphatic carbocycles. The molecular weight excluding hydrogens is 342 g/mol. The van der Waals surface area contributed by atoms with E-state index in [0.717, 1.165) is 6.54 Å². The van der Waals surface area contributed by atoms with Gasteiger partial charge in [0.1, 0.15) is 0 Å². The number of hydrogen-bond acceptors (Lipinski definition) is 4. The van der Waals surface area contributed by atoms with E-state index in [2.05, 4.69) is 10.6 Å². The summed E-state index contributed by atoms with van der Waals surface area (Å²) in [6.45, 7) is 3.07. The van der Waals surface area contributed by atoms with E-state index in [0.29, 0.717) is 44.6 Å². The van der Waals surface area contributed by atoms with Crippen molar-refractivity contribution in [2.75, 3.05) is 32.7 Å². The number of nitrogens with zero attached hydrogens (tertiary/aromatic N) is 1. The minimum absolute atomic E-state index is 0. The maximum atomic E-state index is 12.4. The number of hydrogen-bond donors (Lipinski definition) is 3. The van der Waals surface area contributed by atoms with Crippen LogP contribution in [0.5, 0.6) is 0 Å². The molecule has 2 saturated heterocycles. The highest BCUT2D eigenvalue weighted by atomic mass is 35.5. The van der Waals surface area contributed by atoms with E-state index in [1.54, 1.807) is 0 Å². The van der Waals surface area contributed by atoms with E-state index < -0.39 is 0 Å². The van der Waals surface area contributed by atoms with Gasteiger partial charge < -0.3 is 20.6 Å². The van der Waals surface area contributed by atoms with Gasteiger partial charge in [0.2, 0.25) is 5.91 Å². The summed E-state index contributed by atoms with van der Waals surface area (Å²) in [5, 5.41) is 15.8. The molecule has 7 heteroatoms. The SMILES string of the molecule is Cl.O=C(NCC1CNCC1O)C1CCN(C(=O)c2ccccc2)CC1. The lowest BCUT2D eigenvalue weighted by molar-refractivity contribution is -0.126. The van der Waals surface area contributed by atoms with E-state index >= 15 is 0 Å². The number of amides is 2. The van der Waals surface area contributed by atoms with E-state index in [1.807, 2.05) is 35.2 Å². The summed E-state index contributed by atoms with van der Waals surface area (Å²) >= 11 is 0. The van der Waals surface area contributed by atoms with Crippen LogP contribution in [0.4, 0.5) is 0 Å². The van der Waals surface area contributed by atoms with Crippen molar-refractivity contribution in [1.29, 1.82) is 0 Å². The molecule has 1 aromatic carbocycles. The van der Waals surface area contributed by atoms with Crippen LogP contribution in [0, 0.1) is 11.8 Å². The number of β-amino-alcohol motifs (C(OH)–C–C–N with tert-alkyl or cyclic N) is 1. The predicted molar refractivity (Wildman–Crippen MR) is 97.7 cm³/mol. The van der Waals surface area contributed by atoms with Gasteiger partial charge in [0.25, 0.3) is 5.91 Å². The Morgan fingerprint density at radius 2 is 1.84 bits per heavy atom. The quantitative estimate of drug-likeness (QED) is 0.730. The number of aliphatic hydroxyl groups excluding tert-OH is 1. The maximum absolute atomic E-state index is 12.4. The van der Waals surface area contributed by atoms with Crippen molar-refractivity contribution in [3.8, 4) is 0 Å². The van der Waals surface area contributed by atoms with Crippen molar-refractivity contribution >= 4 is 24.2 Å². The van der Waals surface area contributed by atoms with Gasteiger partial charge in [-0.1, -0.05) is 18.2 Å². The summed E-state index contributed by atoms with van der Waals surface area (Å²) < 4.78 is 0. The Kier molecular flexibility index (Phi) is 7.23. The third-order valence-corrected chi connectivity index (χ3v) is 5.02. The van der Waals surface area contributed by atoms with Crippen LogP contribution in [0.2, 0.25) is 0 Å². The summed E-state index contributed by atoms with van der Waals surface area (Å²) in [5.74, 6) is 0.126. The second-order valence-electron chi connectivity index (χ2n) is 6.66. The fraction of sp³-hybridized carbons (Fsp3) is 0.556. The normalized spacial score (nSPS) is 23.8. The molecular formula is C18H26ClN3O3. The number of carbonyl (C=O) groups excluding carboxylic acids is 2. The van der Waals surface area contributed by atoms with Gasteiger partial charge in [0.15, 0.2) is 0 Å². The van der Waals surface area contributed by atoms with Crippen molar-refractivity contribution in [2.45, 2.75) is 18.9 Å². The molecule has 0 saturated carbocycles. The van der Waals surface area contributed by atoms with Crippen LogP contribution >= 0.6 is 12.4 Å². The first-order valence-corrected chi connectivity index (χ1v) is 8.66. The number of nitrogens with one attached hydrogen (secondary N) is 2. The largest absolute Gasteiger partial charge is 0.391 e.